The third kappa shape index (κ3) is 3.61. The largest absolute Gasteiger partial charge is 0.263 e. The zero-order valence-corrected chi connectivity index (χ0v) is 13.7. The number of hydrogen-bond acceptors (Lipinski definition) is 3. The van der Waals surface area contributed by atoms with Crippen LogP contribution in [-0.4, -0.2) is 30.8 Å². The minimum Gasteiger partial charge on any atom is -0.241 e. The van der Waals surface area contributed by atoms with Crippen molar-refractivity contribution >= 4 is 10.0 Å². The van der Waals surface area contributed by atoms with E-state index >= 15 is 0 Å². The predicted octanol–water partition coefficient (Wildman–Crippen LogP) is 3.06. The molecule has 6 heteroatoms. The Labute approximate surface area is 126 Å². The maximum absolute atomic E-state index is 13.7. The molecule has 1 aromatic heterocycles. The van der Waals surface area contributed by atoms with Crippen molar-refractivity contribution in [3.63, 3.8) is 0 Å². The number of nitrogens with zero attached hydrogens (tertiary/aromatic N) is 2. The Bertz CT molecular complexity index is 596. The van der Waals surface area contributed by atoms with Crippen LogP contribution in [0.3, 0.4) is 0 Å². The summed E-state index contributed by atoms with van der Waals surface area (Å²) < 4.78 is 40.2. The Kier molecular flexibility index (Phi) is 4.68. The molecule has 1 atom stereocenters. The van der Waals surface area contributed by atoms with E-state index in [-0.39, 0.29) is 5.41 Å². The second-order valence-corrected chi connectivity index (χ2v) is 8.54. The second kappa shape index (κ2) is 6.01. The van der Waals surface area contributed by atoms with Gasteiger partial charge in [0.15, 0.2) is 5.82 Å². The Morgan fingerprint density at radius 3 is 2.62 bits per heavy atom. The fraction of sp³-hybridized carbons (Fsp3) is 0.667. The molecule has 1 unspecified atom stereocenters. The van der Waals surface area contributed by atoms with E-state index in [4.69, 9.17) is 0 Å². The fourth-order valence-electron chi connectivity index (χ4n) is 2.86. The van der Waals surface area contributed by atoms with Crippen molar-refractivity contribution in [1.82, 2.24) is 9.29 Å². The zero-order valence-electron chi connectivity index (χ0n) is 12.8. The van der Waals surface area contributed by atoms with Crippen molar-refractivity contribution < 1.29 is 12.8 Å². The van der Waals surface area contributed by atoms with Gasteiger partial charge in [-0.2, -0.15) is 4.31 Å². The number of halogens is 1. The van der Waals surface area contributed by atoms with E-state index in [1.165, 1.54) is 16.6 Å². The van der Waals surface area contributed by atoms with Gasteiger partial charge in [0.25, 0.3) is 10.0 Å². The van der Waals surface area contributed by atoms with Crippen molar-refractivity contribution in [2.45, 2.75) is 45.1 Å². The molecule has 0 saturated carbocycles. The highest BCUT2D eigenvalue weighted by Crippen LogP contribution is 2.35. The molecule has 1 aliphatic rings. The zero-order chi connectivity index (χ0) is 15.7. The molecule has 0 amide bonds. The van der Waals surface area contributed by atoms with Crippen LogP contribution in [0.2, 0.25) is 0 Å². The van der Waals surface area contributed by atoms with E-state index in [2.05, 4.69) is 25.8 Å². The molecular weight excluding hydrogens is 291 g/mol. The summed E-state index contributed by atoms with van der Waals surface area (Å²) in [7, 11) is -3.84. The lowest BCUT2D eigenvalue weighted by Crippen LogP contribution is -2.33. The van der Waals surface area contributed by atoms with E-state index < -0.39 is 20.9 Å². The van der Waals surface area contributed by atoms with Gasteiger partial charge in [0, 0.05) is 19.3 Å². The van der Waals surface area contributed by atoms with Gasteiger partial charge in [-0.05, 0) is 42.7 Å². The minimum atomic E-state index is -3.84. The highest BCUT2D eigenvalue weighted by molar-refractivity contribution is 7.89. The first-order valence-electron chi connectivity index (χ1n) is 7.33. The van der Waals surface area contributed by atoms with Crippen LogP contribution in [0.25, 0.3) is 0 Å². The summed E-state index contributed by atoms with van der Waals surface area (Å²) in [5, 5.41) is -0.459. The van der Waals surface area contributed by atoms with Gasteiger partial charge in [0.1, 0.15) is 0 Å². The molecule has 1 saturated heterocycles. The Morgan fingerprint density at radius 2 is 2.00 bits per heavy atom. The average molecular weight is 314 g/mol. The third-order valence-electron chi connectivity index (χ3n) is 4.22. The minimum absolute atomic E-state index is 0.163. The molecule has 1 aromatic rings. The summed E-state index contributed by atoms with van der Waals surface area (Å²) in [6.45, 7) is 7.41. The normalized spacial score (nSPS) is 22.0. The van der Waals surface area contributed by atoms with E-state index in [1.54, 1.807) is 0 Å². The van der Waals surface area contributed by atoms with Crippen LogP contribution in [0, 0.1) is 17.2 Å². The van der Waals surface area contributed by atoms with Crippen molar-refractivity contribution in [3.8, 4) is 0 Å². The van der Waals surface area contributed by atoms with Crippen molar-refractivity contribution in [3.05, 3.63) is 24.1 Å². The number of rotatable bonds is 2. The molecule has 2 heterocycles. The van der Waals surface area contributed by atoms with Crippen molar-refractivity contribution in [1.29, 1.82) is 0 Å². The standard InChI is InChI=1S/C15H23FN2O2S/c1-15(2,3)12-6-5-10-18(11-8-12)21(19,20)14-13(16)7-4-9-17-14/h4,7,9,12H,5-6,8,10-11H2,1-3H3. The molecule has 2 rings (SSSR count). The smallest absolute Gasteiger partial charge is 0.241 e. The third-order valence-corrected chi connectivity index (χ3v) is 6.05. The maximum Gasteiger partial charge on any atom is 0.263 e. The summed E-state index contributed by atoms with van der Waals surface area (Å²) in [5.41, 5.74) is 0.163. The van der Waals surface area contributed by atoms with Crippen LogP contribution >= 0.6 is 0 Å². The van der Waals surface area contributed by atoms with E-state index in [1.807, 2.05) is 0 Å². The average Bonchev–Trinajstić information content (AvgIpc) is 2.64. The molecule has 21 heavy (non-hydrogen) atoms. The van der Waals surface area contributed by atoms with Gasteiger partial charge >= 0.3 is 0 Å². The molecule has 0 aliphatic carbocycles. The second-order valence-electron chi connectivity index (χ2n) is 6.69. The number of sulfonamides is 1. The molecule has 1 fully saturated rings. The Morgan fingerprint density at radius 1 is 1.29 bits per heavy atom. The first kappa shape index (κ1) is 16.4. The van der Waals surface area contributed by atoms with Gasteiger partial charge in [-0.3, -0.25) is 0 Å². The van der Waals surface area contributed by atoms with Gasteiger partial charge in [-0.25, -0.2) is 17.8 Å². The van der Waals surface area contributed by atoms with E-state index in [0.29, 0.717) is 19.0 Å². The fourth-order valence-corrected chi connectivity index (χ4v) is 4.33. The van der Waals surface area contributed by atoms with Crippen LogP contribution in [0.15, 0.2) is 23.4 Å². The monoisotopic (exact) mass is 314 g/mol. The molecule has 0 radical (unpaired) electrons. The number of pyridine rings is 1. The van der Waals surface area contributed by atoms with Gasteiger partial charge in [-0.15, -0.1) is 0 Å². The summed E-state index contributed by atoms with van der Waals surface area (Å²) in [4.78, 5) is 3.72. The number of hydrogen-bond donors (Lipinski definition) is 0. The molecular formula is C15H23FN2O2S. The van der Waals surface area contributed by atoms with Crippen molar-refractivity contribution in [2.75, 3.05) is 13.1 Å². The summed E-state index contributed by atoms with van der Waals surface area (Å²) in [6.07, 6.45) is 3.92. The summed E-state index contributed by atoms with van der Waals surface area (Å²) >= 11 is 0. The van der Waals surface area contributed by atoms with Gasteiger partial charge < -0.3 is 0 Å². The molecule has 0 N–H and O–H groups in total. The van der Waals surface area contributed by atoms with Crippen molar-refractivity contribution in [2.24, 2.45) is 11.3 Å². The molecule has 4 nitrogen and oxygen atoms in total. The summed E-state index contributed by atoms with van der Waals surface area (Å²) in [6, 6.07) is 2.53. The quantitative estimate of drug-likeness (QED) is 0.843. The lowest BCUT2D eigenvalue weighted by atomic mass is 9.77. The van der Waals surface area contributed by atoms with Gasteiger partial charge in [-0.1, -0.05) is 20.8 Å². The van der Waals surface area contributed by atoms with Gasteiger partial charge in [0.2, 0.25) is 5.03 Å². The lowest BCUT2D eigenvalue weighted by Gasteiger charge is -2.29. The SMILES string of the molecule is CC(C)(C)C1CCCN(S(=O)(=O)c2ncccc2F)CC1. The van der Waals surface area contributed by atoms with E-state index in [0.717, 1.165) is 25.3 Å². The predicted molar refractivity (Wildman–Crippen MR) is 79.7 cm³/mol. The van der Waals surface area contributed by atoms with Crippen LogP contribution in [0.1, 0.15) is 40.0 Å². The molecule has 118 valence electrons. The highest BCUT2D eigenvalue weighted by atomic mass is 32.2. The Hall–Kier alpha value is -1.01. The maximum atomic E-state index is 13.7. The highest BCUT2D eigenvalue weighted by Gasteiger charge is 2.33. The molecule has 0 aromatic carbocycles. The molecule has 0 bridgehead atoms. The first-order chi connectivity index (χ1) is 9.73. The lowest BCUT2D eigenvalue weighted by molar-refractivity contribution is 0.216. The van der Waals surface area contributed by atoms with Crippen LogP contribution in [-0.2, 0) is 10.0 Å². The summed E-state index contributed by atoms with van der Waals surface area (Å²) in [5.74, 6) is -0.305. The molecule has 0 spiro atoms. The van der Waals surface area contributed by atoms with E-state index in [9.17, 15) is 12.8 Å². The topological polar surface area (TPSA) is 50.3 Å². The van der Waals surface area contributed by atoms with Gasteiger partial charge in [0.05, 0.1) is 0 Å². The molecule has 1 aliphatic heterocycles. The first-order valence-corrected chi connectivity index (χ1v) is 8.77. The van der Waals surface area contributed by atoms with Crippen LogP contribution < -0.4 is 0 Å². The Balaban J connectivity index is 2.21. The number of aromatic nitrogens is 1. The van der Waals surface area contributed by atoms with Crippen LogP contribution in [0.5, 0.6) is 0 Å². The van der Waals surface area contributed by atoms with Crippen LogP contribution in [0.4, 0.5) is 4.39 Å².